The Morgan fingerprint density at radius 2 is 2.21 bits per heavy atom. The van der Waals surface area contributed by atoms with Gasteiger partial charge < -0.3 is 11.1 Å². The van der Waals surface area contributed by atoms with Crippen LogP contribution < -0.4 is 11.1 Å². The van der Waals surface area contributed by atoms with Gasteiger partial charge in [0.1, 0.15) is 0 Å². The Labute approximate surface area is 85.0 Å². The molecule has 1 aliphatic heterocycles. The summed E-state index contributed by atoms with van der Waals surface area (Å²) in [6.07, 6.45) is 0.271. The molecule has 0 atom stereocenters. The van der Waals surface area contributed by atoms with Crippen molar-refractivity contribution in [1.29, 1.82) is 0 Å². The van der Waals surface area contributed by atoms with E-state index in [1.165, 1.54) is 0 Å². The Balaban J connectivity index is 2.55. The number of fused-ring (bicyclic) bond motifs is 1. The van der Waals surface area contributed by atoms with E-state index in [0.29, 0.717) is 5.69 Å². The van der Waals surface area contributed by atoms with Gasteiger partial charge in [0, 0.05) is 5.69 Å². The standard InChI is InChI=1S/C9H7ClN2O2/c10-6-3-7-4(2-8(13)12-7)1-5(6)9(11)14/h1,3H,2H2,(H2,11,14)(H,12,13). The number of amides is 2. The Hall–Kier alpha value is -1.55. The molecule has 0 radical (unpaired) electrons. The lowest BCUT2D eigenvalue weighted by Gasteiger charge is -2.03. The molecule has 1 heterocycles. The number of hydrogen-bond donors (Lipinski definition) is 2. The van der Waals surface area contributed by atoms with Crippen LogP contribution >= 0.6 is 11.6 Å². The second-order valence-corrected chi connectivity index (χ2v) is 3.49. The summed E-state index contributed by atoms with van der Waals surface area (Å²) in [7, 11) is 0. The molecule has 0 unspecified atom stereocenters. The second kappa shape index (κ2) is 2.99. The summed E-state index contributed by atoms with van der Waals surface area (Å²) in [5.41, 5.74) is 6.78. The van der Waals surface area contributed by atoms with Gasteiger partial charge in [0.15, 0.2) is 0 Å². The van der Waals surface area contributed by atoms with Crippen molar-refractivity contribution in [3.05, 3.63) is 28.3 Å². The molecule has 0 spiro atoms. The van der Waals surface area contributed by atoms with Gasteiger partial charge in [-0.25, -0.2) is 0 Å². The highest BCUT2D eigenvalue weighted by Gasteiger charge is 2.20. The molecular formula is C9H7ClN2O2. The van der Waals surface area contributed by atoms with Gasteiger partial charge in [-0.3, -0.25) is 9.59 Å². The van der Waals surface area contributed by atoms with Gasteiger partial charge in [-0.05, 0) is 17.7 Å². The summed E-state index contributed by atoms with van der Waals surface area (Å²) in [5, 5.41) is 2.89. The third kappa shape index (κ3) is 1.33. The first kappa shape index (κ1) is 9.02. The van der Waals surface area contributed by atoms with Gasteiger partial charge in [-0.2, -0.15) is 0 Å². The van der Waals surface area contributed by atoms with Crippen LogP contribution in [0.25, 0.3) is 0 Å². The Morgan fingerprint density at radius 1 is 1.50 bits per heavy atom. The van der Waals surface area contributed by atoms with Crippen molar-refractivity contribution in [2.24, 2.45) is 5.73 Å². The van der Waals surface area contributed by atoms with Crippen molar-refractivity contribution < 1.29 is 9.59 Å². The lowest BCUT2D eigenvalue weighted by molar-refractivity contribution is -0.115. The van der Waals surface area contributed by atoms with E-state index in [9.17, 15) is 9.59 Å². The number of hydrogen-bond acceptors (Lipinski definition) is 2. The number of nitrogens with one attached hydrogen (secondary N) is 1. The zero-order valence-electron chi connectivity index (χ0n) is 7.13. The first-order valence-corrected chi connectivity index (χ1v) is 4.38. The number of carbonyl (C=O) groups excluding carboxylic acids is 2. The molecule has 0 aliphatic carbocycles. The Kier molecular flexibility index (Phi) is 1.93. The number of halogens is 1. The SMILES string of the molecule is NC(=O)c1cc2c(cc1Cl)NC(=O)C2. The van der Waals surface area contributed by atoms with Crippen LogP contribution in [0.4, 0.5) is 5.69 Å². The van der Waals surface area contributed by atoms with Gasteiger partial charge in [-0.1, -0.05) is 11.6 Å². The molecule has 2 amide bonds. The fourth-order valence-corrected chi connectivity index (χ4v) is 1.69. The predicted octanol–water partition coefficient (Wildman–Crippen LogP) is 0.933. The smallest absolute Gasteiger partial charge is 0.250 e. The van der Waals surface area contributed by atoms with Crippen molar-refractivity contribution in [2.45, 2.75) is 6.42 Å². The summed E-state index contributed by atoms with van der Waals surface area (Å²) < 4.78 is 0. The Morgan fingerprint density at radius 3 is 2.86 bits per heavy atom. The molecule has 14 heavy (non-hydrogen) atoms. The second-order valence-electron chi connectivity index (χ2n) is 3.08. The highest BCUT2D eigenvalue weighted by molar-refractivity contribution is 6.34. The molecule has 2 rings (SSSR count). The zero-order chi connectivity index (χ0) is 10.3. The monoisotopic (exact) mass is 210 g/mol. The van der Waals surface area contributed by atoms with E-state index < -0.39 is 5.91 Å². The van der Waals surface area contributed by atoms with E-state index in [2.05, 4.69) is 5.32 Å². The normalized spacial score (nSPS) is 13.6. The molecule has 0 fully saturated rings. The minimum absolute atomic E-state index is 0.0994. The van der Waals surface area contributed by atoms with E-state index >= 15 is 0 Å². The maximum absolute atomic E-state index is 11.0. The van der Waals surface area contributed by atoms with Crippen molar-refractivity contribution in [3.8, 4) is 0 Å². The average Bonchev–Trinajstić information content (AvgIpc) is 2.42. The summed E-state index contributed by atoms with van der Waals surface area (Å²) in [6.45, 7) is 0. The molecule has 3 N–H and O–H groups in total. The van der Waals surface area contributed by atoms with E-state index in [1.807, 2.05) is 0 Å². The van der Waals surface area contributed by atoms with Crippen molar-refractivity contribution in [2.75, 3.05) is 5.32 Å². The zero-order valence-corrected chi connectivity index (χ0v) is 7.89. The van der Waals surface area contributed by atoms with Crippen LogP contribution in [-0.2, 0) is 11.2 Å². The van der Waals surface area contributed by atoms with E-state index in [-0.39, 0.29) is 22.9 Å². The highest BCUT2D eigenvalue weighted by atomic mass is 35.5. The largest absolute Gasteiger partial charge is 0.366 e. The quantitative estimate of drug-likeness (QED) is 0.724. The molecule has 0 saturated carbocycles. The highest BCUT2D eigenvalue weighted by Crippen LogP contribution is 2.29. The third-order valence-electron chi connectivity index (χ3n) is 2.08. The van der Waals surface area contributed by atoms with Gasteiger partial charge in [-0.15, -0.1) is 0 Å². The van der Waals surface area contributed by atoms with E-state index in [4.69, 9.17) is 17.3 Å². The number of carbonyl (C=O) groups is 2. The maximum Gasteiger partial charge on any atom is 0.250 e. The summed E-state index contributed by atoms with van der Waals surface area (Å²) >= 11 is 5.80. The number of benzene rings is 1. The fourth-order valence-electron chi connectivity index (χ4n) is 1.44. The van der Waals surface area contributed by atoms with E-state index in [1.54, 1.807) is 12.1 Å². The average molecular weight is 211 g/mol. The topological polar surface area (TPSA) is 72.2 Å². The molecule has 1 aliphatic rings. The lowest BCUT2D eigenvalue weighted by Crippen LogP contribution is -2.11. The number of primary amides is 1. The molecule has 4 nitrogen and oxygen atoms in total. The number of rotatable bonds is 1. The molecule has 1 aromatic rings. The van der Waals surface area contributed by atoms with Crippen molar-refractivity contribution in [1.82, 2.24) is 0 Å². The van der Waals surface area contributed by atoms with Crippen LogP contribution in [0, 0.1) is 0 Å². The third-order valence-corrected chi connectivity index (χ3v) is 2.40. The maximum atomic E-state index is 11.0. The minimum atomic E-state index is -0.586. The van der Waals surface area contributed by atoms with Gasteiger partial charge >= 0.3 is 0 Å². The molecule has 0 bridgehead atoms. The molecule has 1 aromatic carbocycles. The number of anilines is 1. The van der Waals surface area contributed by atoms with Crippen LogP contribution in [0.3, 0.4) is 0 Å². The molecule has 72 valence electrons. The molecule has 5 heteroatoms. The number of nitrogens with two attached hydrogens (primary N) is 1. The first-order valence-electron chi connectivity index (χ1n) is 4.00. The van der Waals surface area contributed by atoms with Crippen LogP contribution in [0.1, 0.15) is 15.9 Å². The Bertz CT molecular complexity index is 443. The van der Waals surface area contributed by atoms with Gasteiger partial charge in [0.05, 0.1) is 17.0 Å². The summed E-state index contributed by atoms with van der Waals surface area (Å²) in [5.74, 6) is -0.685. The summed E-state index contributed by atoms with van der Waals surface area (Å²) in [4.78, 5) is 22.0. The van der Waals surface area contributed by atoms with E-state index in [0.717, 1.165) is 5.56 Å². The lowest BCUT2D eigenvalue weighted by atomic mass is 10.1. The van der Waals surface area contributed by atoms with Crippen molar-refractivity contribution in [3.63, 3.8) is 0 Å². The molecule has 0 aromatic heterocycles. The van der Waals surface area contributed by atoms with Gasteiger partial charge in [0.25, 0.3) is 0 Å². The molecule has 0 saturated heterocycles. The minimum Gasteiger partial charge on any atom is -0.366 e. The van der Waals surface area contributed by atoms with Crippen molar-refractivity contribution >= 4 is 29.1 Å². The van der Waals surface area contributed by atoms with Gasteiger partial charge in [0.2, 0.25) is 11.8 Å². The fraction of sp³-hybridized carbons (Fsp3) is 0.111. The van der Waals surface area contributed by atoms with Crippen LogP contribution in [0.15, 0.2) is 12.1 Å². The first-order chi connectivity index (χ1) is 6.58. The van der Waals surface area contributed by atoms with Crippen LogP contribution in [-0.4, -0.2) is 11.8 Å². The van der Waals surface area contributed by atoms with Crippen LogP contribution in [0.5, 0.6) is 0 Å². The molecular weight excluding hydrogens is 204 g/mol. The summed E-state index contributed by atoms with van der Waals surface area (Å²) in [6, 6.07) is 3.10. The predicted molar refractivity (Wildman–Crippen MR) is 52.3 cm³/mol. The van der Waals surface area contributed by atoms with Crippen LogP contribution in [0.2, 0.25) is 5.02 Å².